The molecule has 1 aliphatic rings. The first-order chi connectivity index (χ1) is 14.3. The average molecular weight is 421 g/mol. The highest BCUT2D eigenvalue weighted by molar-refractivity contribution is 5.93. The summed E-state index contributed by atoms with van der Waals surface area (Å²) >= 11 is 0. The van der Waals surface area contributed by atoms with Gasteiger partial charge in [0.25, 0.3) is 11.6 Å². The highest BCUT2D eigenvalue weighted by atomic mass is 16.6. The van der Waals surface area contributed by atoms with E-state index >= 15 is 0 Å². The zero-order valence-electron chi connectivity index (χ0n) is 18.1. The van der Waals surface area contributed by atoms with Gasteiger partial charge < -0.3 is 19.3 Å². The first-order valence-electron chi connectivity index (χ1n) is 10.4. The van der Waals surface area contributed by atoms with Crippen molar-refractivity contribution < 1.29 is 24.0 Å². The van der Waals surface area contributed by atoms with E-state index in [9.17, 15) is 19.7 Å². The van der Waals surface area contributed by atoms with Gasteiger partial charge in [-0.25, -0.2) is 4.79 Å². The maximum atomic E-state index is 12.6. The summed E-state index contributed by atoms with van der Waals surface area (Å²) in [5.41, 5.74) is 0.319. The highest BCUT2D eigenvalue weighted by Crippen LogP contribution is 2.30. The first kappa shape index (κ1) is 23.6. The van der Waals surface area contributed by atoms with Crippen LogP contribution in [0, 0.1) is 10.1 Å². The molecule has 9 nitrogen and oxygen atoms in total. The fourth-order valence-electron chi connectivity index (χ4n) is 3.47. The molecule has 9 heteroatoms. The van der Waals surface area contributed by atoms with Gasteiger partial charge in [-0.1, -0.05) is 13.8 Å². The Bertz CT molecular complexity index is 753. The van der Waals surface area contributed by atoms with Crippen LogP contribution in [0.1, 0.15) is 50.9 Å². The summed E-state index contributed by atoms with van der Waals surface area (Å²) in [5, 5.41) is 11.5. The fourth-order valence-corrected chi connectivity index (χ4v) is 3.47. The number of nitrogens with zero attached hydrogens (tertiary/aromatic N) is 3. The molecule has 2 rings (SSSR count). The molecular weight excluding hydrogens is 390 g/mol. The standard InChI is InChI=1S/C21H31N3O6/c1-5-15(3)23(16(4)6-2)20(25)14-30-21(26)17-7-8-18(19(13-17)24(27)28)22-9-11-29-12-10-22/h7-8,13,15-16H,5-6,9-12,14H2,1-4H3/t15-,16-/m0/s1. The van der Waals surface area contributed by atoms with Crippen LogP contribution in [0.5, 0.6) is 0 Å². The van der Waals surface area contributed by atoms with E-state index in [4.69, 9.17) is 9.47 Å². The van der Waals surface area contributed by atoms with Gasteiger partial charge in [-0.05, 0) is 38.8 Å². The monoisotopic (exact) mass is 421 g/mol. The van der Waals surface area contributed by atoms with Crippen molar-refractivity contribution in [2.24, 2.45) is 0 Å². The predicted molar refractivity (Wildman–Crippen MR) is 113 cm³/mol. The van der Waals surface area contributed by atoms with Crippen LogP contribution in [-0.4, -0.2) is 66.7 Å². The van der Waals surface area contributed by atoms with Crippen LogP contribution in [0.3, 0.4) is 0 Å². The third kappa shape index (κ3) is 5.69. The summed E-state index contributed by atoms with van der Waals surface area (Å²) in [5.74, 6) is -1.03. The van der Waals surface area contributed by atoms with E-state index in [1.165, 1.54) is 12.1 Å². The average Bonchev–Trinajstić information content (AvgIpc) is 2.77. The molecule has 0 radical (unpaired) electrons. The van der Waals surface area contributed by atoms with E-state index in [0.717, 1.165) is 12.8 Å². The molecule has 2 atom stereocenters. The van der Waals surface area contributed by atoms with Gasteiger partial charge in [-0.15, -0.1) is 0 Å². The molecule has 0 saturated carbocycles. The molecule has 1 fully saturated rings. The number of carbonyl (C=O) groups excluding carboxylic acids is 2. The summed E-state index contributed by atoms with van der Waals surface area (Å²) in [4.78, 5) is 39.7. The van der Waals surface area contributed by atoms with Gasteiger partial charge in [0.15, 0.2) is 6.61 Å². The molecule has 0 unspecified atom stereocenters. The molecule has 1 saturated heterocycles. The number of hydrogen-bond acceptors (Lipinski definition) is 7. The van der Waals surface area contributed by atoms with E-state index in [0.29, 0.717) is 32.0 Å². The van der Waals surface area contributed by atoms with Gasteiger partial charge >= 0.3 is 5.97 Å². The minimum absolute atomic E-state index is 0.0278. The van der Waals surface area contributed by atoms with Crippen molar-refractivity contribution >= 4 is 23.3 Å². The number of ether oxygens (including phenoxy) is 2. The van der Waals surface area contributed by atoms with Gasteiger partial charge in [0.2, 0.25) is 0 Å². The highest BCUT2D eigenvalue weighted by Gasteiger charge is 2.26. The van der Waals surface area contributed by atoms with E-state index < -0.39 is 17.5 Å². The molecule has 0 N–H and O–H groups in total. The Kier molecular flexibility index (Phi) is 8.58. The number of nitro groups is 1. The number of anilines is 1. The van der Waals surface area contributed by atoms with Crippen molar-refractivity contribution in [1.29, 1.82) is 0 Å². The van der Waals surface area contributed by atoms with Crippen molar-refractivity contribution in [1.82, 2.24) is 4.90 Å². The number of rotatable bonds is 9. The van der Waals surface area contributed by atoms with Crippen molar-refractivity contribution in [2.45, 2.75) is 52.6 Å². The largest absolute Gasteiger partial charge is 0.452 e. The van der Waals surface area contributed by atoms with Crippen LogP contribution in [0.4, 0.5) is 11.4 Å². The Morgan fingerprint density at radius 2 is 1.80 bits per heavy atom. The maximum Gasteiger partial charge on any atom is 0.338 e. The van der Waals surface area contributed by atoms with Gasteiger partial charge in [0.1, 0.15) is 5.69 Å². The van der Waals surface area contributed by atoms with E-state index in [2.05, 4.69) is 0 Å². The lowest BCUT2D eigenvalue weighted by molar-refractivity contribution is -0.384. The second-order valence-corrected chi connectivity index (χ2v) is 7.45. The summed E-state index contributed by atoms with van der Waals surface area (Å²) in [7, 11) is 0. The Morgan fingerprint density at radius 1 is 1.20 bits per heavy atom. The summed E-state index contributed by atoms with van der Waals surface area (Å²) in [6.45, 7) is 9.58. The summed E-state index contributed by atoms with van der Waals surface area (Å²) in [6, 6.07) is 4.30. The molecule has 0 aliphatic carbocycles. The van der Waals surface area contributed by atoms with Crippen LogP contribution in [0.15, 0.2) is 18.2 Å². The minimum Gasteiger partial charge on any atom is -0.452 e. The Morgan fingerprint density at radius 3 is 2.33 bits per heavy atom. The normalized spacial score (nSPS) is 15.9. The number of carbonyl (C=O) groups is 2. The predicted octanol–water partition coefficient (Wildman–Crippen LogP) is 3.01. The van der Waals surface area contributed by atoms with Crippen LogP contribution in [-0.2, 0) is 14.3 Å². The SMILES string of the molecule is CC[C@H](C)N(C(=O)COC(=O)c1ccc(N2CCOCC2)c([N+](=O)[O-])c1)[C@@H](C)CC. The van der Waals surface area contributed by atoms with Gasteiger partial charge in [0.05, 0.1) is 23.7 Å². The molecule has 0 spiro atoms. The maximum absolute atomic E-state index is 12.6. The fraction of sp³-hybridized carbons (Fsp3) is 0.619. The summed E-state index contributed by atoms with van der Waals surface area (Å²) < 4.78 is 10.5. The number of benzene rings is 1. The van der Waals surface area contributed by atoms with Crippen LogP contribution in [0.2, 0.25) is 0 Å². The number of esters is 1. The lowest BCUT2D eigenvalue weighted by Crippen LogP contribution is -2.46. The number of morpholine rings is 1. The van der Waals surface area contributed by atoms with Gasteiger partial charge in [0, 0.05) is 31.2 Å². The Balaban J connectivity index is 2.11. The van der Waals surface area contributed by atoms with Gasteiger partial charge in [-0.2, -0.15) is 0 Å². The zero-order valence-corrected chi connectivity index (χ0v) is 18.1. The minimum atomic E-state index is -0.756. The second kappa shape index (κ2) is 10.9. The molecule has 1 aromatic rings. The van der Waals surface area contributed by atoms with Crippen molar-refractivity contribution in [3.05, 3.63) is 33.9 Å². The van der Waals surface area contributed by atoms with Crippen molar-refractivity contribution in [3.63, 3.8) is 0 Å². The van der Waals surface area contributed by atoms with Crippen molar-refractivity contribution in [3.8, 4) is 0 Å². The molecule has 1 aromatic carbocycles. The number of amides is 1. The van der Waals surface area contributed by atoms with E-state index in [-0.39, 0.29) is 29.2 Å². The third-order valence-electron chi connectivity index (χ3n) is 5.51. The molecule has 30 heavy (non-hydrogen) atoms. The number of nitro benzene ring substituents is 1. The molecule has 1 amide bonds. The molecule has 1 heterocycles. The molecule has 1 aliphatic heterocycles. The molecule has 0 aromatic heterocycles. The number of hydrogen-bond donors (Lipinski definition) is 0. The smallest absolute Gasteiger partial charge is 0.338 e. The van der Waals surface area contributed by atoms with Crippen LogP contribution in [0.25, 0.3) is 0 Å². The lowest BCUT2D eigenvalue weighted by Gasteiger charge is -2.33. The third-order valence-corrected chi connectivity index (χ3v) is 5.51. The Hall–Kier alpha value is -2.68. The topological polar surface area (TPSA) is 102 Å². The van der Waals surface area contributed by atoms with Crippen molar-refractivity contribution in [2.75, 3.05) is 37.8 Å². The Labute approximate surface area is 177 Å². The molecule has 166 valence electrons. The van der Waals surface area contributed by atoms with E-state index in [1.807, 2.05) is 32.6 Å². The molecule has 0 bridgehead atoms. The second-order valence-electron chi connectivity index (χ2n) is 7.45. The quantitative estimate of drug-likeness (QED) is 0.343. The van der Waals surface area contributed by atoms with E-state index in [1.54, 1.807) is 11.0 Å². The first-order valence-corrected chi connectivity index (χ1v) is 10.4. The van der Waals surface area contributed by atoms with Gasteiger partial charge in [-0.3, -0.25) is 14.9 Å². The zero-order chi connectivity index (χ0) is 22.3. The lowest BCUT2D eigenvalue weighted by atomic mass is 10.1. The van der Waals surface area contributed by atoms with Crippen LogP contribution < -0.4 is 4.90 Å². The summed E-state index contributed by atoms with van der Waals surface area (Å²) in [6.07, 6.45) is 1.58. The molecular formula is C21H31N3O6. The van der Waals surface area contributed by atoms with Crippen LogP contribution >= 0.6 is 0 Å².